The standard InChI is InChI=1S/C15H17BrN4/c1-10-3-2-4-11(7-10)8-18-14-12-9-17-6-5-13(12)19-15(16)20-14/h2-4,7,17H,5-6,8-9H2,1H3,(H,18,19,20). The molecule has 0 atom stereocenters. The van der Waals surface area contributed by atoms with Crippen molar-refractivity contribution in [3.63, 3.8) is 0 Å². The molecule has 0 saturated heterocycles. The van der Waals surface area contributed by atoms with E-state index in [1.54, 1.807) is 0 Å². The molecule has 4 nitrogen and oxygen atoms in total. The number of halogens is 1. The largest absolute Gasteiger partial charge is 0.366 e. The minimum absolute atomic E-state index is 0.657. The molecule has 1 aromatic heterocycles. The molecule has 5 heteroatoms. The molecule has 1 aromatic carbocycles. The van der Waals surface area contributed by atoms with Crippen LogP contribution in [-0.4, -0.2) is 16.5 Å². The smallest absolute Gasteiger partial charge is 0.198 e. The SMILES string of the molecule is Cc1cccc(CNc2nc(Br)nc3c2CNCC3)c1. The Labute approximate surface area is 127 Å². The molecule has 104 valence electrons. The summed E-state index contributed by atoms with van der Waals surface area (Å²) in [6.45, 7) is 4.70. The quantitative estimate of drug-likeness (QED) is 0.848. The number of aromatic nitrogens is 2. The minimum atomic E-state index is 0.657. The molecular formula is C15H17BrN4. The highest BCUT2D eigenvalue weighted by molar-refractivity contribution is 9.10. The first-order valence-electron chi connectivity index (χ1n) is 6.78. The van der Waals surface area contributed by atoms with Crippen LogP contribution in [0.2, 0.25) is 0 Å². The molecule has 1 aliphatic rings. The van der Waals surface area contributed by atoms with Gasteiger partial charge in [0.05, 0.1) is 5.69 Å². The fourth-order valence-corrected chi connectivity index (χ4v) is 2.86. The summed E-state index contributed by atoms with van der Waals surface area (Å²) in [5.41, 5.74) is 4.86. The van der Waals surface area contributed by atoms with Gasteiger partial charge in [-0.25, -0.2) is 9.97 Å². The fourth-order valence-electron chi connectivity index (χ4n) is 2.47. The topological polar surface area (TPSA) is 49.8 Å². The lowest BCUT2D eigenvalue weighted by molar-refractivity contribution is 0.625. The molecule has 0 aliphatic carbocycles. The van der Waals surface area contributed by atoms with E-state index in [1.165, 1.54) is 16.7 Å². The molecule has 2 aromatic rings. The lowest BCUT2D eigenvalue weighted by Crippen LogP contribution is -2.26. The van der Waals surface area contributed by atoms with Crippen molar-refractivity contribution in [1.29, 1.82) is 0 Å². The van der Waals surface area contributed by atoms with Gasteiger partial charge in [-0.15, -0.1) is 0 Å². The van der Waals surface area contributed by atoms with Gasteiger partial charge < -0.3 is 10.6 Å². The van der Waals surface area contributed by atoms with Crippen molar-refractivity contribution in [2.75, 3.05) is 11.9 Å². The fraction of sp³-hybridized carbons (Fsp3) is 0.333. The van der Waals surface area contributed by atoms with Crippen LogP contribution in [0.1, 0.15) is 22.4 Å². The molecule has 0 fully saturated rings. The zero-order valence-corrected chi connectivity index (χ0v) is 13.0. The summed E-state index contributed by atoms with van der Waals surface area (Å²) in [4.78, 5) is 8.95. The highest BCUT2D eigenvalue weighted by Gasteiger charge is 2.16. The van der Waals surface area contributed by atoms with E-state index in [9.17, 15) is 0 Å². The molecule has 1 aliphatic heterocycles. The lowest BCUT2D eigenvalue weighted by atomic mass is 10.1. The predicted molar refractivity (Wildman–Crippen MR) is 83.6 cm³/mol. The van der Waals surface area contributed by atoms with Gasteiger partial charge in [-0.3, -0.25) is 0 Å². The van der Waals surface area contributed by atoms with E-state index < -0.39 is 0 Å². The maximum absolute atomic E-state index is 4.48. The van der Waals surface area contributed by atoms with Crippen molar-refractivity contribution in [1.82, 2.24) is 15.3 Å². The maximum Gasteiger partial charge on any atom is 0.198 e. The van der Waals surface area contributed by atoms with E-state index in [0.717, 1.165) is 37.6 Å². The molecule has 2 N–H and O–H groups in total. The van der Waals surface area contributed by atoms with E-state index in [2.05, 4.69) is 67.7 Å². The maximum atomic E-state index is 4.48. The van der Waals surface area contributed by atoms with Crippen LogP contribution in [0.4, 0.5) is 5.82 Å². The van der Waals surface area contributed by atoms with Crippen molar-refractivity contribution >= 4 is 21.7 Å². The van der Waals surface area contributed by atoms with Crippen LogP contribution >= 0.6 is 15.9 Å². The Balaban J connectivity index is 1.82. The van der Waals surface area contributed by atoms with Crippen molar-refractivity contribution in [3.8, 4) is 0 Å². The number of nitrogens with one attached hydrogen (secondary N) is 2. The van der Waals surface area contributed by atoms with Gasteiger partial charge in [0.2, 0.25) is 0 Å². The molecule has 0 saturated carbocycles. The zero-order valence-electron chi connectivity index (χ0n) is 11.4. The monoisotopic (exact) mass is 332 g/mol. The summed E-state index contributed by atoms with van der Waals surface area (Å²) in [7, 11) is 0. The number of anilines is 1. The van der Waals surface area contributed by atoms with Crippen LogP contribution in [0.25, 0.3) is 0 Å². The number of nitrogens with zero attached hydrogens (tertiary/aromatic N) is 2. The van der Waals surface area contributed by atoms with Crippen LogP contribution in [-0.2, 0) is 19.5 Å². The van der Waals surface area contributed by atoms with E-state index in [0.29, 0.717) is 4.73 Å². The van der Waals surface area contributed by atoms with E-state index in [1.807, 2.05) is 0 Å². The third-order valence-electron chi connectivity index (χ3n) is 3.45. The molecule has 0 radical (unpaired) electrons. The number of rotatable bonds is 3. The summed E-state index contributed by atoms with van der Waals surface area (Å²) >= 11 is 3.40. The van der Waals surface area contributed by atoms with Crippen LogP contribution in [0, 0.1) is 6.92 Å². The van der Waals surface area contributed by atoms with Crippen LogP contribution in [0.5, 0.6) is 0 Å². The molecule has 0 spiro atoms. The molecular weight excluding hydrogens is 316 g/mol. The van der Waals surface area contributed by atoms with Gasteiger partial charge in [-0.1, -0.05) is 29.8 Å². The molecule has 3 rings (SSSR count). The van der Waals surface area contributed by atoms with Crippen molar-refractivity contribution in [2.24, 2.45) is 0 Å². The average Bonchev–Trinajstić information content (AvgIpc) is 2.44. The number of hydrogen-bond donors (Lipinski definition) is 2. The Hall–Kier alpha value is -1.46. The second kappa shape index (κ2) is 5.89. The van der Waals surface area contributed by atoms with Crippen LogP contribution < -0.4 is 10.6 Å². The third-order valence-corrected chi connectivity index (χ3v) is 3.80. The normalized spacial score (nSPS) is 13.9. The van der Waals surface area contributed by atoms with E-state index in [4.69, 9.17) is 0 Å². The van der Waals surface area contributed by atoms with E-state index >= 15 is 0 Å². The predicted octanol–water partition coefficient (Wildman–Crippen LogP) is 2.81. The Morgan fingerprint density at radius 2 is 2.25 bits per heavy atom. The van der Waals surface area contributed by atoms with Crippen molar-refractivity contribution < 1.29 is 0 Å². The summed E-state index contributed by atoms with van der Waals surface area (Å²) in [6, 6.07) is 8.50. The molecule has 20 heavy (non-hydrogen) atoms. The van der Waals surface area contributed by atoms with Gasteiger partial charge in [0, 0.05) is 31.6 Å². The Bertz CT molecular complexity index is 627. The molecule has 2 heterocycles. The van der Waals surface area contributed by atoms with E-state index in [-0.39, 0.29) is 0 Å². The van der Waals surface area contributed by atoms with Gasteiger partial charge in [0.15, 0.2) is 4.73 Å². The number of hydrogen-bond acceptors (Lipinski definition) is 4. The van der Waals surface area contributed by atoms with Crippen molar-refractivity contribution in [3.05, 3.63) is 51.4 Å². The first kappa shape index (κ1) is 13.5. The Morgan fingerprint density at radius 3 is 3.10 bits per heavy atom. The van der Waals surface area contributed by atoms with Gasteiger partial charge in [0.25, 0.3) is 0 Å². The Kier molecular flexibility index (Phi) is 3.98. The summed E-state index contributed by atoms with van der Waals surface area (Å²) in [5.74, 6) is 0.926. The van der Waals surface area contributed by atoms with Crippen LogP contribution in [0.3, 0.4) is 0 Å². The average molecular weight is 333 g/mol. The number of aryl methyl sites for hydroxylation is 1. The summed E-state index contributed by atoms with van der Waals surface area (Å²) < 4.78 is 0.657. The number of fused-ring (bicyclic) bond motifs is 1. The van der Waals surface area contributed by atoms with Gasteiger partial charge in [-0.2, -0.15) is 0 Å². The van der Waals surface area contributed by atoms with Crippen LogP contribution in [0.15, 0.2) is 29.0 Å². The zero-order chi connectivity index (χ0) is 13.9. The lowest BCUT2D eigenvalue weighted by Gasteiger charge is -2.19. The van der Waals surface area contributed by atoms with Crippen molar-refractivity contribution in [2.45, 2.75) is 26.4 Å². The first-order valence-corrected chi connectivity index (χ1v) is 7.57. The molecule has 0 amide bonds. The van der Waals surface area contributed by atoms with Gasteiger partial charge >= 0.3 is 0 Å². The second-order valence-corrected chi connectivity index (χ2v) is 5.75. The molecule has 0 unspecified atom stereocenters. The second-order valence-electron chi connectivity index (χ2n) is 5.04. The van der Waals surface area contributed by atoms with Gasteiger partial charge in [-0.05, 0) is 28.4 Å². The molecule has 0 bridgehead atoms. The Morgan fingerprint density at radius 1 is 1.35 bits per heavy atom. The third kappa shape index (κ3) is 2.99. The first-order chi connectivity index (χ1) is 9.72. The highest BCUT2D eigenvalue weighted by atomic mass is 79.9. The minimum Gasteiger partial charge on any atom is -0.366 e. The van der Waals surface area contributed by atoms with Gasteiger partial charge in [0.1, 0.15) is 5.82 Å². The highest BCUT2D eigenvalue weighted by Crippen LogP contribution is 2.22. The summed E-state index contributed by atoms with van der Waals surface area (Å²) in [5, 5.41) is 6.81. The summed E-state index contributed by atoms with van der Waals surface area (Å²) in [6.07, 6.45) is 0.954. The number of benzene rings is 1.